The predicted molar refractivity (Wildman–Crippen MR) is 93.1 cm³/mol. The molecule has 3 heterocycles. The van der Waals surface area contributed by atoms with Gasteiger partial charge in [0.15, 0.2) is 5.75 Å². The number of hydrogen-bond donors (Lipinski definition) is 2. The molecule has 1 atom stereocenters. The van der Waals surface area contributed by atoms with Crippen molar-refractivity contribution in [3.05, 3.63) is 45.8 Å². The van der Waals surface area contributed by atoms with Crippen LogP contribution in [0.1, 0.15) is 12.1 Å². The van der Waals surface area contributed by atoms with E-state index in [1.807, 2.05) is 4.90 Å². The SMILES string of the molecule is Cn1nc(CN2CC[C@H](F)C2)c2c(=O)c(O)c(-c3c(F)cccc3F)[nH]c21. The van der Waals surface area contributed by atoms with Crippen LogP contribution in [0.2, 0.25) is 0 Å². The van der Waals surface area contributed by atoms with Crippen molar-refractivity contribution in [3.8, 4) is 17.0 Å². The maximum atomic E-state index is 14.1. The Balaban J connectivity index is 1.88. The van der Waals surface area contributed by atoms with E-state index < -0.39 is 34.5 Å². The quantitative estimate of drug-likeness (QED) is 0.734. The van der Waals surface area contributed by atoms with Crippen LogP contribution in [0.3, 0.4) is 0 Å². The Hall–Kier alpha value is -2.81. The summed E-state index contributed by atoms with van der Waals surface area (Å²) < 4.78 is 43.0. The lowest BCUT2D eigenvalue weighted by atomic mass is 10.1. The lowest BCUT2D eigenvalue weighted by molar-refractivity contribution is 0.280. The highest BCUT2D eigenvalue weighted by atomic mass is 19.1. The smallest absolute Gasteiger partial charge is 0.235 e. The minimum atomic E-state index is -0.915. The summed E-state index contributed by atoms with van der Waals surface area (Å²) in [5, 5.41) is 14.8. The molecule has 0 spiro atoms. The molecule has 1 aliphatic heterocycles. The first-order valence-corrected chi connectivity index (χ1v) is 8.48. The number of halogens is 3. The Labute approximate surface area is 151 Å². The molecule has 0 bridgehead atoms. The molecular formula is C18H17F3N4O2. The van der Waals surface area contributed by atoms with Crippen LogP contribution in [0.4, 0.5) is 13.2 Å². The first-order chi connectivity index (χ1) is 12.9. The third-order valence-electron chi connectivity index (χ3n) is 4.84. The van der Waals surface area contributed by atoms with E-state index in [0.717, 1.165) is 12.1 Å². The van der Waals surface area contributed by atoms with Gasteiger partial charge in [0.25, 0.3) is 0 Å². The second kappa shape index (κ2) is 6.41. The number of pyridine rings is 1. The number of nitrogens with zero attached hydrogens (tertiary/aromatic N) is 3. The van der Waals surface area contributed by atoms with E-state index >= 15 is 0 Å². The maximum Gasteiger partial charge on any atom is 0.235 e. The van der Waals surface area contributed by atoms with Crippen LogP contribution in [0.15, 0.2) is 23.0 Å². The van der Waals surface area contributed by atoms with Crippen LogP contribution >= 0.6 is 0 Å². The highest BCUT2D eigenvalue weighted by Gasteiger charge is 2.26. The van der Waals surface area contributed by atoms with Crippen LogP contribution in [0.25, 0.3) is 22.3 Å². The van der Waals surface area contributed by atoms with E-state index in [2.05, 4.69) is 10.1 Å². The zero-order chi connectivity index (χ0) is 19.3. The molecule has 0 amide bonds. The largest absolute Gasteiger partial charge is 0.503 e. The lowest BCUT2D eigenvalue weighted by Gasteiger charge is -2.12. The molecule has 0 unspecified atom stereocenters. The molecular weight excluding hydrogens is 361 g/mol. The fourth-order valence-electron chi connectivity index (χ4n) is 3.54. The van der Waals surface area contributed by atoms with E-state index in [1.165, 1.54) is 10.7 Å². The molecule has 3 aromatic rings. The van der Waals surface area contributed by atoms with Gasteiger partial charge in [0, 0.05) is 26.7 Å². The van der Waals surface area contributed by atoms with Crippen molar-refractivity contribution in [2.45, 2.75) is 19.1 Å². The Morgan fingerprint density at radius 3 is 2.67 bits per heavy atom. The first kappa shape index (κ1) is 17.6. The van der Waals surface area contributed by atoms with Gasteiger partial charge in [-0.05, 0) is 18.6 Å². The summed E-state index contributed by atoms with van der Waals surface area (Å²) in [6.07, 6.45) is -0.495. The lowest BCUT2D eigenvalue weighted by Crippen LogP contribution is -2.21. The topological polar surface area (TPSA) is 74.2 Å². The van der Waals surface area contributed by atoms with E-state index in [4.69, 9.17) is 0 Å². The van der Waals surface area contributed by atoms with Gasteiger partial charge < -0.3 is 10.1 Å². The van der Waals surface area contributed by atoms with Gasteiger partial charge in [-0.2, -0.15) is 5.10 Å². The van der Waals surface area contributed by atoms with Crippen LogP contribution in [-0.2, 0) is 13.6 Å². The van der Waals surface area contributed by atoms with Gasteiger partial charge in [-0.3, -0.25) is 14.4 Å². The maximum absolute atomic E-state index is 14.1. The number of aromatic amines is 1. The summed E-state index contributed by atoms with van der Waals surface area (Å²) in [5.74, 6) is -2.60. The van der Waals surface area contributed by atoms with Crippen molar-refractivity contribution in [3.63, 3.8) is 0 Å². The number of H-pyrrole nitrogens is 1. The monoisotopic (exact) mass is 378 g/mol. The van der Waals surface area contributed by atoms with E-state index in [9.17, 15) is 23.1 Å². The average Bonchev–Trinajstić information content (AvgIpc) is 3.15. The molecule has 9 heteroatoms. The molecule has 1 aromatic carbocycles. The highest BCUT2D eigenvalue weighted by Crippen LogP contribution is 2.31. The highest BCUT2D eigenvalue weighted by molar-refractivity contribution is 5.84. The number of aromatic hydroxyl groups is 1. The summed E-state index contributed by atoms with van der Waals surface area (Å²) in [6.45, 7) is 1.04. The predicted octanol–water partition coefficient (Wildman–Crippen LogP) is 2.46. The number of rotatable bonds is 3. The van der Waals surface area contributed by atoms with E-state index in [1.54, 1.807) is 7.05 Å². The number of likely N-dealkylation sites (tertiary alicyclic amines) is 1. The molecule has 1 aliphatic rings. The standard InChI is InChI=1S/C18H17F3N4O2/c1-24-18-14(12(23-24)8-25-6-5-9(19)7-25)16(26)17(27)15(22-18)13-10(20)3-2-4-11(13)21/h2-4,9,27H,5-8H2,1H3,(H,22,26)/t9-/m0/s1. The van der Waals surface area contributed by atoms with Crippen molar-refractivity contribution >= 4 is 11.0 Å². The number of alkyl halides is 1. The minimum Gasteiger partial charge on any atom is -0.503 e. The van der Waals surface area contributed by atoms with Crippen molar-refractivity contribution < 1.29 is 18.3 Å². The first-order valence-electron chi connectivity index (χ1n) is 8.48. The van der Waals surface area contributed by atoms with E-state index in [0.29, 0.717) is 18.7 Å². The third-order valence-corrected chi connectivity index (χ3v) is 4.84. The molecule has 0 radical (unpaired) electrons. The Morgan fingerprint density at radius 1 is 1.33 bits per heavy atom. The molecule has 27 heavy (non-hydrogen) atoms. The van der Waals surface area contributed by atoms with Crippen molar-refractivity contribution in [1.82, 2.24) is 19.7 Å². The molecule has 6 nitrogen and oxygen atoms in total. The fourth-order valence-corrected chi connectivity index (χ4v) is 3.54. The molecule has 1 fully saturated rings. The van der Waals surface area contributed by atoms with E-state index in [-0.39, 0.29) is 29.8 Å². The second-order valence-corrected chi connectivity index (χ2v) is 6.69. The zero-order valence-electron chi connectivity index (χ0n) is 14.5. The average molecular weight is 378 g/mol. The number of aryl methyl sites for hydroxylation is 1. The summed E-state index contributed by atoms with van der Waals surface area (Å²) >= 11 is 0. The zero-order valence-corrected chi connectivity index (χ0v) is 14.5. The van der Waals surface area contributed by atoms with Crippen molar-refractivity contribution in [2.24, 2.45) is 7.05 Å². The van der Waals surface area contributed by atoms with Crippen LogP contribution in [-0.4, -0.2) is 44.0 Å². The van der Waals surface area contributed by atoms with Gasteiger partial charge >= 0.3 is 0 Å². The number of benzene rings is 1. The second-order valence-electron chi connectivity index (χ2n) is 6.69. The van der Waals surface area contributed by atoms with Crippen LogP contribution < -0.4 is 5.43 Å². The normalized spacial score (nSPS) is 17.9. The summed E-state index contributed by atoms with van der Waals surface area (Å²) in [7, 11) is 1.57. The Bertz CT molecular complexity index is 1070. The summed E-state index contributed by atoms with van der Waals surface area (Å²) in [6, 6.07) is 3.27. The van der Waals surface area contributed by atoms with Gasteiger partial charge in [-0.25, -0.2) is 13.2 Å². The molecule has 1 saturated heterocycles. The van der Waals surface area contributed by atoms with Gasteiger partial charge in [-0.1, -0.05) is 6.07 Å². The molecule has 0 saturated carbocycles. The van der Waals surface area contributed by atoms with Crippen LogP contribution in [0.5, 0.6) is 5.75 Å². The van der Waals surface area contributed by atoms with Gasteiger partial charge in [0.05, 0.1) is 22.3 Å². The van der Waals surface area contributed by atoms with Gasteiger partial charge in [0.2, 0.25) is 5.43 Å². The number of aromatic nitrogens is 3. The Morgan fingerprint density at radius 2 is 2.04 bits per heavy atom. The number of nitrogens with one attached hydrogen (secondary N) is 1. The number of hydrogen-bond acceptors (Lipinski definition) is 4. The van der Waals surface area contributed by atoms with Crippen LogP contribution in [0, 0.1) is 11.6 Å². The van der Waals surface area contributed by atoms with Gasteiger partial charge in [-0.15, -0.1) is 0 Å². The molecule has 2 aromatic heterocycles. The molecule has 2 N–H and O–H groups in total. The summed E-state index contributed by atoms with van der Waals surface area (Å²) in [5.41, 5.74) is -1.04. The van der Waals surface area contributed by atoms with Gasteiger partial charge in [0.1, 0.15) is 23.5 Å². The van der Waals surface area contributed by atoms with Crippen molar-refractivity contribution in [2.75, 3.05) is 13.1 Å². The minimum absolute atomic E-state index is 0.123. The number of fused-ring (bicyclic) bond motifs is 1. The fraction of sp³-hybridized carbons (Fsp3) is 0.333. The Kier molecular flexibility index (Phi) is 4.18. The molecule has 142 valence electrons. The van der Waals surface area contributed by atoms with Crippen molar-refractivity contribution in [1.29, 1.82) is 0 Å². The molecule has 4 rings (SSSR count). The summed E-state index contributed by atoms with van der Waals surface area (Å²) in [4.78, 5) is 17.3. The third kappa shape index (κ3) is 2.87. The molecule has 0 aliphatic carbocycles.